The maximum atomic E-state index is 14.8. The fraction of sp³-hybridized carbons (Fsp3) is 0.211. The predicted molar refractivity (Wildman–Crippen MR) is 119 cm³/mol. The molecule has 33 heavy (non-hydrogen) atoms. The van der Waals surface area contributed by atoms with Gasteiger partial charge in [0.1, 0.15) is 23.2 Å². The van der Waals surface area contributed by atoms with E-state index in [1.165, 1.54) is 4.57 Å². The number of fused-ring (bicyclic) bond motifs is 2. The highest BCUT2D eigenvalue weighted by molar-refractivity contribution is 7.93. The van der Waals surface area contributed by atoms with Gasteiger partial charge < -0.3 is 9.73 Å². The van der Waals surface area contributed by atoms with Crippen molar-refractivity contribution in [2.75, 3.05) is 11.3 Å². The lowest BCUT2D eigenvalue weighted by atomic mass is 9.94. The molecule has 9 nitrogen and oxygen atoms in total. The first kappa shape index (κ1) is 23.3. The van der Waals surface area contributed by atoms with Crippen LogP contribution in [0.2, 0.25) is 0 Å². The van der Waals surface area contributed by atoms with Gasteiger partial charge in [0, 0.05) is 36.8 Å². The molecule has 1 aliphatic heterocycles. The quantitative estimate of drug-likeness (QED) is 0.419. The Morgan fingerprint density at radius 2 is 2.15 bits per heavy atom. The van der Waals surface area contributed by atoms with E-state index in [1.807, 2.05) is 0 Å². The van der Waals surface area contributed by atoms with Gasteiger partial charge in [-0.1, -0.05) is 18.2 Å². The molecule has 3 heterocycles. The number of sulfonamides is 1. The number of halogens is 3. The average Bonchev–Trinajstić information content (AvgIpc) is 3.35. The zero-order chi connectivity index (χ0) is 22.5. The Morgan fingerprint density at radius 3 is 2.91 bits per heavy atom. The third-order valence-electron chi connectivity index (χ3n) is 5.19. The summed E-state index contributed by atoms with van der Waals surface area (Å²) in [5.74, 6) is -1.85. The summed E-state index contributed by atoms with van der Waals surface area (Å²) in [6, 6.07) is 7.03. The Bertz CT molecular complexity index is 1490. The minimum Gasteiger partial charge on any atom is -0.408 e. The number of alkyl halides is 1. The molecule has 2 N–H and O–H groups in total. The number of hydrogen-bond acceptors (Lipinski definition) is 8. The standard InChI is InChI=1S/C19H15F2N5O4S2.ClH/c20-13-4-15-16(5-17(13)32(28,29)25-18-23-9-24-31-18)30-19(27)26(15)8-10-2-1-3-11-12(10)6-22-7-14(11)21;/h1-5,9,14,22H,6-8H2,(H,23,24,25);1H. The van der Waals surface area contributed by atoms with Gasteiger partial charge in [-0.15, -0.1) is 12.4 Å². The van der Waals surface area contributed by atoms with E-state index in [2.05, 4.69) is 19.4 Å². The van der Waals surface area contributed by atoms with Crippen LogP contribution < -0.4 is 15.8 Å². The minimum absolute atomic E-state index is 0. The zero-order valence-corrected chi connectivity index (χ0v) is 19.1. The van der Waals surface area contributed by atoms with Crippen LogP contribution in [0.25, 0.3) is 11.1 Å². The summed E-state index contributed by atoms with van der Waals surface area (Å²) < 4.78 is 66.4. The first-order chi connectivity index (χ1) is 15.3. The maximum Gasteiger partial charge on any atom is 0.420 e. The van der Waals surface area contributed by atoms with Crippen LogP contribution >= 0.6 is 23.9 Å². The second kappa shape index (κ2) is 8.82. The molecule has 0 radical (unpaired) electrons. The van der Waals surface area contributed by atoms with Crippen LogP contribution in [0.4, 0.5) is 13.9 Å². The van der Waals surface area contributed by atoms with Gasteiger partial charge >= 0.3 is 5.76 Å². The SMILES string of the molecule is Cl.O=c1oc2cc(S(=O)(=O)Nc3ncns3)c(F)cc2n1Cc1cccc2c1CNCC2F. The molecule has 0 aliphatic carbocycles. The van der Waals surface area contributed by atoms with Crippen LogP contribution in [0, 0.1) is 5.82 Å². The molecule has 4 aromatic rings. The van der Waals surface area contributed by atoms with Crippen LogP contribution in [-0.4, -0.2) is 28.9 Å². The monoisotopic (exact) mass is 515 g/mol. The number of oxazole rings is 1. The summed E-state index contributed by atoms with van der Waals surface area (Å²) in [4.78, 5) is 15.5. The molecule has 1 atom stereocenters. The Kier molecular flexibility index (Phi) is 6.22. The van der Waals surface area contributed by atoms with Gasteiger partial charge in [0.05, 0.1) is 12.1 Å². The molecule has 2 aromatic heterocycles. The van der Waals surface area contributed by atoms with E-state index in [0.717, 1.165) is 35.6 Å². The van der Waals surface area contributed by atoms with Gasteiger partial charge in [-0.25, -0.2) is 27.0 Å². The number of nitrogens with zero attached hydrogens (tertiary/aromatic N) is 3. The summed E-state index contributed by atoms with van der Waals surface area (Å²) >= 11 is 0.790. The first-order valence-electron chi connectivity index (χ1n) is 9.41. The van der Waals surface area contributed by atoms with Crippen LogP contribution in [0.5, 0.6) is 0 Å². The predicted octanol–water partition coefficient (Wildman–Crippen LogP) is 2.97. The molecule has 0 spiro atoms. The third-order valence-corrected chi connectivity index (χ3v) is 7.26. The third kappa shape index (κ3) is 4.24. The molecule has 0 saturated heterocycles. The van der Waals surface area contributed by atoms with Gasteiger partial charge in [-0.3, -0.25) is 9.29 Å². The molecule has 1 unspecified atom stereocenters. The van der Waals surface area contributed by atoms with E-state index in [-0.39, 0.29) is 41.7 Å². The molecule has 2 aromatic carbocycles. The summed E-state index contributed by atoms with van der Waals surface area (Å²) in [6.07, 6.45) is -0.00766. The first-order valence-corrected chi connectivity index (χ1v) is 11.7. The second-order valence-electron chi connectivity index (χ2n) is 7.14. The summed E-state index contributed by atoms with van der Waals surface area (Å²) in [5, 5.41) is 2.96. The van der Waals surface area contributed by atoms with Gasteiger partial charge in [-0.05, 0) is 16.7 Å². The van der Waals surface area contributed by atoms with E-state index in [4.69, 9.17) is 4.42 Å². The molecule has 0 saturated carbocycles. The summed E-state index contributed by atoms with van der Waals surface area (Å²) in [6.45, 7) is 0.654. The molecular formula is C19H16ClF2N5O4S2. The fourth-order valence-corrected chi connectivity index (χ4v) is 5.46. The van der Waals surface area contributed by atoms with Crippen molar-refractivity contribution < 1.29 is 21.6 Å². The van der Waals surface area contributed by atoms with Gasteiger partial charge in [0.25, 0.3) is 10.0 Å². The highest BCUT2D eigenvalue weighted by atomic mass is 35.5. The van der Waals surface area contributed by atoms with Crippen LogP contribution in [0.3, 0.4) is 0 Å². The number of benzene rings is 2. The maximum absolute atomic E-state index is 14.8. The summed E-state index contributed by atoms with van der Waals surface area (Å²) in [5.41, 5.74) is 1.94. The van der Waals surface area contributed by atoms with Crippen molar-refractivity contribution in [2.24, 2.45) is 0 Å². The number of aromatic nitrogens is 3. The second-order valence-corrected chi connectivity index (χ2v) is 9.57. The number of anilines is 1. The minimum atomic E-state index is -4.32. The van der Waals surface area contributed by atoms with Crippen molar-refractivity contribution in [2.45, 2.75) is 24.2 Å². The lowest BCUT2D eigenvalue weighted by Crippen LogP contribution is -2.28. The average molecular weight is 516 g/mol. The Balaban J connectivity index is 0.00000259. The zero-order valence-electron chi connectivity index (χ0n) is 16.6. The smallest absolute Gasteiger partial charge is 0.408 e. The van der Waals surface area contributed by atoms with E-state index in [1.54, 1.807) is 18.2 Å². The van der Waals surface area contributed by atoms with Crippen molar-refractivity contribution in [3.8, 4) is 0 Å². The number of hydrogen-bond donors (Lipinski definition) is 2. The van der Waals surface area contributed by atoms with Gasteiger partial charge in [0.15, 0.2) is 5.58 Å². The molecule has 0 bridgehead atoms. The fourth-order valence-electron chi connectivity index (χ4n) is 3.72. The molecule has 5 rings (SSSR count). The van der Waals surface area contributed by atoms with Gasteiger partial charge in [-0.2, -0.15) is 4.37 Å². The van der Waals surface area contributed by atoms with E-state index < -0.39 is 32.7 Å². The van der Waals surface area contributed by atoms with Crippen LogP contribution in [-0.2, 0) is 23.1 Å². The lowest BCUT2D eigenvalue weighted by Gasteiger charge is -2.23. The van der Waals surface area contributed by atoms with E-state index in [0.29, 0.717) is 17.7 Å². The Labute approximate surface area is 196 Å². The van der Waals surface area contributed by atoms with Crippen LogP contribution in [0.15, 0.2) is 50.8 Å². The number of nitrogens with one attached hydrogen (secondary N) is 2. The van der Waals surface area contributed by atoms with Gasteiger partial charge in [0.2, 0.25) is 5.13 Å². The Hall–Kier alpha value is -2.87. The summed E-state index contributed by atoms with van der Waals surface area (Å²) in [7, 11) is -4.32. The molecule has 14 heteroatoms. The van der Waals surface area contributed by atoms with Crippen molar-refractivity contribution in [3.63, 3.8) is 0 Å². The highest BCUT2D eigenvalue weighted by Gasteiger charge is 2.25. The van der Waals surface area contributed by atoms with Crippen molar-refractivity contribution in [1.82, 2.24) is 19.2 Å². The molecule has 1 aliphatic rings. The molecular weight excluding hydrogens is 500 g/mol. The largest absolute Gasteiger partial charge is 0.420 e. The molecule has 174 valence electrons. The normalized spacial score (nSPS) is 15.8. The van der Waals surface area contributed by atoms with E-state index in [9.17, 15) is 22.0 Å². The van der Waals surface area contributed by atoms with Crippen LogP contribution in [0.1, 0.15) is 22.9 Å². The molecule has 0 amide bonds. The Morgan fingerprint density at radius 1 is 1.33 bits per heavy atom. The highest BCUT2D eigenvalue weighted by Crippen LogP contribution is 2.29. The van der Waals surface area contributed by atoms with Crippen molar-refractivity contribution >= 4 is 50.2 Å². The van der Waals surface area contributed by atoms with E-state index >= 15 is 0 Å². The van der Waals surface area contributed by atoms with Crippen molar-refractivity contribution in [1.29, 1.82) is 0 Å². The lowest BCUT2D eigenvalue weighted by molar-refractivity contribution is 0.309. The molecule has 0 fully saturated rings. The van der Waals surface area contributed by atoms with Crippen molar-refractivity contribution in [3.05, 3.63) is 69.7 Å². The number of rotatable bonds is 5. The topological polar surface area (TPSA) is 119 Å².